The molecule has 0 radical (unpaired) electrons. The van der Waals surface area contributed by atoms with Crippen LogP contribution in [-0.4, -0.2) is 34.4 Å². The molecule has 5 nitrogen and oxygen atoms in total. The van der Waals surface area contributed by atoms with Crippen LogP contribution >= 0.6 is 27.3 Å². The average Bonchev–Trinajstić information content (AvgIpc) is 3.20. The van der Waals surface area contributed by atoms with Crippen molar-refractivity contribution in [2.75, 3.05) is 0 Å². The lowest BCUT2D eigenvalue weighted by Gasteiger charge is -2.22. The molecule has 3 heterocycles. The molecule has 0 saturated carbocycles. The van der Waals surface area contributed by atoms with Gasteiger partial charge in [0.2, 0.25) is 0 Å². The van der Waals surface area contributed by atoms with Crippen molar-refractivity contribution in [1.29, 1.82) is 0 Å². The number of aromatic nitrogens is 1. The molecule has 4 rings (SSSR count). The summed E-state index contributed by atoms with van der Waals surface area (Å²) in [5.74, 6) is 0.230. The summed E-state index contributed by atoms with van der Waals surface area (Å²) in [6.45, 7) is 14.3. The lowest BCUT2D eigenvalue weighted by atomic mass is 9.94. The molecule has 33 heavy (non-hydrogen) atoms. The highest BCUT2D eigenvalue weighted by Gasteiger charge is 2.31. The van der Waals surface area contributed by atoms with Crippen LogP contribution in [0.2, 0.25) is 0 Å². The first-order chi connectivity index (χ1) is 15.5. The monoisotopic (exact) mass is 529 g/mol. The van der Waals surface area contributed by atoms with E-state index in [-0.39, 0.29) is 18.1 Å². The molecule has 1 unspecified atom stereocenters. The Morgan fingerprint density at radius 1 is 1.30 bits per heavy atom. The van der Waals surface area contributed by atoms with Crippen LogP contribution in [0.3, 0.4) is 0 Å². The molecule has 0 saturated heterocycles. The summed E-state index contributed by atoms with van der Waals surface area (Å²) in [5, 5.41) is 1.15. The van der Waals surface area contributed by atoms with E-state index in [2.05, 4.69) is 65.8 Å². The minimum absolute atomic E-state index is 0.230. The predicted molar refractivity (Wildman–Crippen MR) is 143 cm³/mol. The number of carbonyl (C=O) groups is 1. The number of aryl methyl sites for hydroxylation is 1. The van der Waals surface area contributed by atoms with Crippen LogP contribution in [0.4, 0.5) is 4.79 Å². The maximum Gasteiger partial charge on any atom is 0.420 e. The van der Waals surface area contributed by atoms with E-state index in [4.69, 9.17) is 4.74 Å². The Kier molecular flexibility index (Phi) is 6.58. The third kappa shape index (κ3) is 4.67. The van der Waals surface area contributed by atoms with E-state index in [1.807, 2.05) is 20.8 Å². The molecule has 2 aromatic rings. The van der Waals surface area contributed by atoms with Gasteiger partial charge < -0.3 is 4.74 Å². The summed E-state index contributed by atoms with van der Waals surface area (Å²) >= 11 is 5.30. The van der Waals surface area contributed by atoms with Crippen LogP contribution in [0.1, 0.15) is 83.5 Å². The van der Waals surface area contributed by atoms with Gasteiger partial charge in [-0.1, -0.05) is 19.9 Å². The van der Waals surface area contributed by atoms with Crippen molar-refractivity contribution in [2.24, 2.45) is 9.98 Å². The number of thiophene rings is 1. The molecular weight excluding hydrogens is 498 g/mol. The number of ether oxygens (including phenoxy) is 1. The third-order valence-electron chi connectivity index (χ3n) is 6.06. The van der Waals surface area contributed by atoms with Gasteiger partial charge in [-0.3, -0.25) is 4.99 Å². The molecule has 176 valence electrons. The van der Waals surface area contributed by atoms with Crippen molar-refractivity contribution in [2.45, 2.75) is 85.3 Å². The zero-order valence-corrected chi connectivity index (χ0v) is 22.9. The Morgan fingerprint density at radius 3 is 2.70 bits per heavy atom. The highest BCUT2D eigenvalue weighted by Crippen LogP contribution is 2.45. The largest absolute Gasteiger partial charge is 0.443 e. The van der Waals surface area contributed by atoms with E-state index in [1.165, 1.54) is 11.1 Å². The summed E-state index contributed by atoms with van der Waals surface area (Å²) in [7, 11) is 0. The molecule has 1 aliphatic heterocycles. The molecule has 0 N–H and O–H groups in total. The summed E-state index contributed by atoms with van der Waals surface area (Å²) in [6, 6.07) is 0.264. The smallest absolute Gasteiger partial charge is 0.420 e. The molecule has 0 aromatic carbocycles. The van der Waals surface area contributed by atoms with Crippen molar-refractivity contribution < 1.29 is 9.53 Å². The highest BCUT2D eigenvalue weighted by atomic mass is 79.9. The zero-order chi connectivity index (χ0) is 24.1. The minimum Gasteiger partial charge on any atom is -0.443 e. The van der Waals surface area contributed by atoms with Gasteiger partial charge in [0.05, 0.1) is 15.5 Å². The zero-order valence-electron chi connectivity index (χ0n) is 20.5. The maximum atomic E-state index is 13.6. The fourth-order valence-electron chi connectivity index (χ4n) is 4.55. The number of fused-ring (bicyclic) bond motifs is 3. The quantitative estimate of drug-likeness (QED) is 0.395. The van der Waals surface area contributed by atoms with Crippen LogP contribution in [0.25, 0.3) is 15.8 Å². The standard InChI is InChI=1S/C26H32BrN3O2S/c1-14(2)20-21-16(4)23(27)33-24(21)30(25(31)32-26(5,6)7)22(20)17-9-8-10-18-12-19(15(3)11-17)29-13-28-18/h9,11,13-14,18H,8,10,12H2,1-7H3/b15-11-,17-9+. The maximum absolute atomic E-state index is 13.6. The SMILES string of the molecule is C/C1=C/C(c2c(C(C)C)c3c(C)c(Br)sc3n2C(=O)OC(C)(C)C)=C\CCC2CC1=NC=N2. The van der Waals surface area contributed by atoms with Crippen molar-refractivity contribution in [3.05, 3.63) is 38.3 Å². The molecule has 7 heteroatoms. The molecule has 2 aliphatic rings. The second kappa shape index (κ2) is 8.99. The van der Waals surface area contributed by atoms with Gasteiger partial charge >= 0.3 is 6.09 Å². The Morgan fingerprint density at radius 2 is 2.03 bits per heavy atom. The Hall–Kier alpha value is -1.99. The molecule has 1 atom stereocenters. The number of hydrogen-bond donors (Lipinski definition) is 0. The number of rotatable bonds is 2. The van der Waals surface area contributed by atoms with Gasteiger partial charge in [-0.25, -0.2) is 14.4 Å². The second-order valence-corrected chi connectivity index (χ2v) is 12.5. The first-order valence-corrected chi connectivity index (χ1v) is 13.1. The van der Waals surface area contributed by atoms with Gasteiger partial charge in [0.15, 0.2) is 0 Å². The highest BCUT2D eigenvalue weighted by molar-refractivity contribution is 9.11. The predicted octanol–water partition coefficient (Wildman–Crippen LogP) is 8.05. The molecule has 0 spiro atoms. The minimum atomic E-state index is -0.589. The van der Waals surface area contributed by atoms with Crippen LogP contribution in [-0.2, 0) is 4.74 Å². The summed E-state index contributed by atoms with van der Waals surface area (Å²) < 4.78 is 8.76. The topological polar surface area (TPSA) is 56.0 Å². The van der Waals surface area contributed by atoms with E-state index in [1.54, 1.807) is 22.2 Å². The fraction of sp³-hybridized carbons (Fsp3) is 0.500. The number of nitrogens with zero attached hydrogens (tertiary/aromatic N) is 3. The first kappa shape index (κ1) is 24.1. The van der Waals surface area contributed by atoms with E-state index in [0.717, 1.165) is 55.8 Å². The molecular formula is C26H32BrN3O2S. The van der Waals surface area contributed by atoms with Gasteiger partial charge in [0.25, 0.3) is 0 Å². The molecule has 2 bridgehead atoms. The van der Waals surface area contributed by atoms with Crippen LogP contribution in [0, 0.1) is 6.92 Å². The number of carbonyl (C=O) groups excluding carboxylic acids is 1. The first-order valence-electron chi connectivity index (χ1n) is 11.5. The average molecular weight is 531 g/mol. The van der Waals surface area contributed by atoms with Crippen molar-refractivity contribution in [1.82, 2.24) is 4.57 Å². The second-order valence-electron chi connectivity index (χ2n) is 10.2. The number of hydrogen-bond acceptors (Lipinski definition) is 5. The third-order valence-corrected chi connectivity index (χ3v) is 8.21. The summed E-state index contributed by atoms with van der Waals surface area (Å²) in [6.07, 6.45) is 8.53. The summed E-state index contributed by atoms with van der Waals surface area (Å²) in [5.41, 5.74) is 5.95. The number of halogens is 1. The van der Waals surface area contributed by atoms with Gasteiger partial charge in [0.1, 0.15) is 16.8 Å². The normalized spacial score (nSPS) is 22.2. The van der Waals surface area contributed by atoms with E-state index < -0.39 is 5.60 Å². The van der Waals surface area contributed by atoms with Gasteiger partial charge in [0, 0.05) is 17.5 Å². The van der Waals surface area contributed by atoms with Crippen molar-refractivity contribution in [3.8, 4) is 0 Å². The summed E-state index contributed by atoms with van der Waals surface area (Å²) in [4.78, 5) is 23.7. The van der Waals surface area contributed by atoms with E-state index in [0.29, 0.717) is 0 Å². The number of allylic oxidation sites excluding steroid dienone is 4. The van der Waals surface area contributed by atoms with Crippen LogP contribution in [0.5, 0.6) is 0 Å². The molecule has 0 amide bonds. The van der Waals surface area contributed by atoms with Crippen molar-refractivity contribution in [3.63, 3.8) is 0 Å². The molecule has 2 aromatic heterocycles. The lowest BCUT2D eigenvalue weighted by Crippen LogP contribution is -2.28. The molecule has 1 aliphatic carbocycles. The van der Waals surface area contributed by atoms with Gasteiger partial charge in [-0.2, -0.15) is 0 Å². The van der Waals surface area contributed by atoms with E-state index in [9.17, 15) is 4.79 Å². The van der Waals surface area contributed by atoms with Crippen molar-refractivity contribution >= 4 is 61.2 Å². The van der Waals surface area contributed by atoms with Gasteiger partial charge in [-0.15, -0.1) is 11.3 Å². The van der Waals surface area contributed by atoms with Crippen LogP contribution < -0.4 is 0 Å². The van der Waals surface area contributed by atoms with E-state index >= 15 is 0 Å². The van der Waals surface area contributed by atoms with Gasteiger partial charge in [-0.05, 0) is 97.7 Å². The fourth-order valence-corrected chi connectivity index (χ4v) is 6.26. The van der Waals surface area contributed by atoms with Crippen LogP contribution in [0.15, 0.2) is 31.5 Å². The number of aliphatic imine (C=N–C) groups is 2. The lowest BCUT2D eigenvalue weighted by molar-refractivity contribution is 0.0544. The Balaban J connectivity index is 2.01. The Labute approximate surface area is 208 Å². The molecule has 0 fully saturated rings. The Bertz CT molecular complexity index is 1230.